The number of guanidine groups is 1. The molecule has 0 saturated heterocycles. The minimum absolute atomic E-state index is 0. The number of nitrogens with zero attached hydrogens (tertiary/aromatic N) is 1. The van der Waals surface area contributed by atoms with Crippen molar-refractivity contribution in [2.45, 2.75) is 37.2 Å². The first-order chi connectivity index (χ1) is 14.3. The molecule has 1 aliphatic carbocycles. The molecular formula is C21H28FIN4O3S. The van der Waals surface area contributed by atoms with Crippen LogP contribution in [-0.2, 0) is 16.6 Å². The third-order valence-corrected chi connectivity index (χ3v) is 5.80. The van der Waals surface area contributed by atoms with Gasteiger partial charge in [-0.05, 0) is 61.1 Å². The van der Waals surface area contributed by atoms with Crippen molar-refractivity contribution in [1.82, 2.24) is 10.6 Å². The normalized spacial score (nSPS) is 15.0. The Morgan fingerprint density at radius 3 is 2.65 bits per heavy atom. The van der Waals surface area contributed by atoms with Gasteiger partial charge >= 0.3 is 0 Å². The standard InChI is InChI=1S/C21H27FN4O3S.HI/c1-14(17-8-9-20(19(22)11-17)29-13-15-6-7-15)26-21(24-2)25-12-16-4-3-5-18(10-16)30(23,27)28;/h3-5,8-11,14-15H,6-7,12-13H2,1-2H3,(H2,23,27,28)(H2,24,25,26);1H. The van der Waals surface area contributed by atoms with Crippen LogP contribution in [0.4, 0.5) is 4.39 Å². The molecule has 0 heterocycles. The van der Waals surface area contributed by atoms with Crippen molar-refractivity contribution < 1.29 is 17.5 Å². The van der Waals surface area contributed by atoms with Gasteiger partial charge < -0.3 is 15.4 Å². The first-order valence-corrected chi connectivity index (χ1v) is 11.3. The van der Waals surface area contributed by atoms with E-state index in [4.69, 9.17) is 9.88 Å². The molecule has 4 N–H and O–H groups in total. The van der Waals surface area contributed by atoms with Crippen molar-refractivity contribution in [3.05, 3.63) is 59.4 Å². The van der Waals surface area contributed by atoms with E-state index in [-0.39, 0.29) is 46.5 Å². The summed E-state index contributed by atoms with van der Waals surface area (Å²) in [5.41, 5.74) is 1.49. The van der Waals surface area contributed by atoms with E-state index in [1.54, 1.807) is 25.2 Å². The number of halogens is 2. The van der Waals surface area contributed by atoms with Crippen molar-refractivity contribution in [1.29, 1.82) is 0 Å². The Labute approximate surface area is 199 Å². The molecule has 0 bridgehead atoms. The van der Waals surface area contributed by atoms with Gasteiger partial charge in [0.2, 0.25) is 10.0 Å². The van der Waals surface area contributed by atoms with Crippen molar-refractivity contribution in [3.63, 3.8) is 0 Å². The van der Waals surface area contributed by atoms with Gasteiger partial charge in [0.1, 0.15) is 0 Å². The highest BCUT2D eigenvalue weighted by molar-refractivity contribution is 14.0. The molecule has 1 saturated carbocycles. The molecule has 2 aromatic rings. The topological polar surface area (TPSA) is 106 Å². The molecule has 3 rings (SSSR count). The summed E-state index contributed by atoms with van der Waals surface area (Å²) in [4.78, 5) is 4.22. The lowest BCUT2D eigenvalue weighted by molar-refractivity contribution is 0.285. The second-order valence-corrected chi connectivity index (χ2v) is 8.99. The SMILES string of the molecule is CN=C(NCc1cccc(S(N)(=O)=O)c1)NC(C)c1ccc(OCC2CC2)c(F)c1.I. The van der Waals surface area contributed by atoms with Crippen LogP contribution < -0.4 is 20.5 Å². The quantitative estimate of drug-likeness (QED) is 0.260. The predicted molar refractivity (Wildman–Crippen MR) is 130 cm³/mol. The fourth-order valence-corrected chi connectivity index (χ4v) is 3.48. The third-order valence-electron chi connectivity index (χ3n) is 4.89. The Bertz CT molecular complexity index is 1030. The molecule has 10 heteroatoms. The highest BCUT2D eigenvalue weighted by Crippen LogP contribution is 2.30. The fraction of sp³-hybridized carbons (Fsp3) is 0.381. The van der Waals surface area contributed by atoms with E-state index in [0.29, 0.717) is 25.0 Å². The molecule has 1 aliphatic rings. The minimum atomic E-state index is -3.76. The maximum Gasteiger partial charge on any atom is 0.238 e. The van der Waals surface area contributed by atoms with E-state index in [2.05, 4.69) is 15.6 Å². The largest absolute Gasteiger partial charge is 0.490 e. The number of benzene rings is 2. The molecule has 31 heavy (non-hydrogen) atoms. The van der Waals surface area contributed by atoms with Crippen molar-refractivity contribution >= 4 is 40.0 Å². The van der Waals surface area contributed by atoms with Gasteiger partial charge in [-0.15, -0.1) is 24.0 Å². The molecule has 7 nitrogen and oxygen atoms in total. The molecule has 0 aliphatic heterocycles. The smallest absolute Gasteiger partial charge is 0.238 e. The van der Waals surface area contributed by atoms with Crippen LogP contribution >= 0.6 is 24.0 Å². The monoisotopic (exact) mass is 562 g/mol. The van der Waals surface area contributed by atoms with Crippen molar-refractivity contribution in [2.24, 2.45) is 16.0 Å². The van der Waals surface area contributed by atoms with E-state index in [1.807, 2.05) is 13.0 Å². The van der Waals surface area contributed by atoms with Crippen molar-refractivity contribution in [3.8, 4) is 5.75 Å². The Morgan fingerprint density at radius 1 is 1.29 bits per heavy atom. The predicted octanol–water partition coefficient (Wildman–Crippen LogP) is 3.31. The first-order valence-electron chi connectivity index (χ1n) is 9.77. The van der Waals surface area contributed by atoms with E-state index in [9.17, 15) is 12.8 Å². The zero-order chi connectivity index (χ0) is 21.7. The Balaban J connectivity index is 0.00000341. The van der Waals surface area contributed by atoms with Gasteiger partial charge in [-0.3, -0.25) is 4.99 Å². The fourth-order valence-electron chi connectivity index (χ4n) is 2.90. The molecule has 0 amide bonds. The number of nitrogens with two attached hydrogens (primary N) is 1. The molecule has 1 unspecified atom stereocenters. The summed E-state index contributed by atoms with van der Waals surface area (Å²) >= 11 is 0. The summed E-state index contributed by atoms with van der Waals surface area (Å²) in [5.74, 6) is 0.947. The zero-order valence-corrected chi connectivity index (χ0v) is 20.6. The van der Waals surface area contributed by atoms with Gasteiger partial charge in [-0.1, -0.05) is 18.2 Å². The Morgan fingerprint density at radius 2 is 2.03 bits per heavy atom. The highest BCUT2D eigenvalue weighted by Gasteiger charge is 2.22. The van der Waals surface area contributed by atoms with Crippen LogP contribution in [0.3, 0.4) is 0 Å². The highest BCUT2D eigenvalue weighted by atomic mass is 127. The number of sulfonamides is 1. The molecule has 0 spiro atoms. The van der Waals surface area contributed by atoms with E-state index in [1.165, 1.54) is 18.2 Å². The van der Waals surface area contributed by atoms with Crippen LogP contribution in [0.25, 0.3) is 0 Å². The minimum Gasteiger partial charge on any atom is -0.490 e. The van der Waals surface area contributed by atoms with E-state index < -0.39 is 10.0 Å². The van der Waals surface area contributed by atoms with Gasteiger partial charge in [-0.25, -0.2) is 17.9 Å². The van der Waals surface area contributed by atoms with Crippen LogP contribution in [0.5, 0.6) is 5.75 Å². The molecule has 2 aromatic carbocycles. The summed E-state index contributed by atoms with van der Waals surface area (Å²) in [6.07, 6.45) is 2.30. The molecule has 0 aromatic heterocycles. The van der Waals surface area contributed by atoms with Crippen LogP contribution in [0.15, 0.2) is 52.4 Å². The number of rotatable bonds is 8. The third kappa shape index (κ3) is 7.62. The summed E-state index contributed by atoms with van der Waals surface area (Å²) < 4.78 is 42.9. The molecule has 170 valence electrons. The van der Waals surface area contributed by atoms with Gasteiger partial charge in [0.25, 0.3) is 0 Å². The molecule has 1 atom stereocenters. The summed E-state index contributed by atoms with van der Waals surface area (Å²) in [5, 5.41) is 11.5. The summed E-state index contributed by atoms with van der Waals surface area (Å²) in [7, 11) is -2.13. The van der Waals surface area contributed by atoms with Crippen molar-refractivity contribution in [2.75, 3.05) is 13.7 Å². The average Bonchev–Trinajstić information content (AvgIpc) is 3.54. The average molecular weight is 562 g/mol. The maximum absolute atomic E-state index is 14.3. The van der Waals surface area contributed by atoms with Gasteiger partial charge in [0.05, 0.1) is 17.5 Å². The van der Waals surface area contributed by atoms with Crippen LogP contribution in [0, 0.1) is 11.7 Å². The maximum atomic E-state index is 14.3. The summed E-state index contributed by atoms with van der Waals surface area (Å²) in [6, 6.07) is 11.1. The molecule has 1 fully saturated rings. The second kappa shape index (κ2) is 11.1. The number of aliphatic imine (C=N–C) groups is 1. The Hall–Kier alpha value is -1.92. The summed E-state index contributed by atoms with van der Waals surface area (Å²) in [6.45, 7) is 2.80. The number of nitrogens with one attached hydrogen (secondary N) is 2. The van der Waals surface area contributed by atoms with Crippen LogP contribution in [-0.4, -0.2) is 28.0 Å². The Kier molecular flexibility index (Phi) is 9.07. The van der Waals surface area contributed by atoms with Crippen LogP contribution in [0.1, 0.15) is 36.9 Å². The van der Waals surface area contributed by atoms with E-state index in [0.717, 1.165) is 24.0 Å². The van der Waals surface area contributed by atoms with Gasteiger partial charge in [-0.2, -0.15) is 0 Å². The lowest BCUT2D eigenvalue weighted by Gasteiger charge is -2.19. The molecule has 0 radical (unpaired) electrons. The van der Waals surface area contributed by atoms with E-state index >= 15 is 0 Å². The first kappa shape index (κ1) is 25.3. The molecular weight excluding hydrogens is 534 g/mol. The van der Waals surface area contributed by atoms with Gasteiger partial charge in [0, 0.05) is 13.6 Å². The van der Waals surface area contributed by atoms with Gasteiger partial charge in [0.15, 0.2) is 17.5 Å². The lowest BCUT2D eigenvalue weighted by Crippen LogP contribution is -2.38. The number of ether oxygens (including phenoxy) is 1. The lowest BCUT2D eigenvalue weighted by atomic mass is 10.1. The second-order valence-electron chi connectivity index (χ2n) is 7.43. The van der Waals surface area contributed by atoms with Crippen LogP contribution in [0.2, 0.25) is 0 Å². The number of primary sulfonamides is 1. The number of hydrogen-bond donors (Lipinski definition) is 3. The zero-order valence-electron chi connectivity index (χ0n) is 17.5. The number of hydrogen-bond acceptors (Lipinski definition) is 4.